The summed E-state index contributed by atoms with van der Waals surface area (Å²) < 4.78 is 27.1. The minimum atomic E-state index is -3.01. The van der Waals surface area contributed by atoms with Crippen LogP contribution in [-0.2, 0) is 18.5 Å². The zero-order valence-electron chi connectivity index (χ0n) is 16.2. The van der Waals surface area contributed by atoms with Crippen molar-refractivity contribution in [1.29, 1.82) is 0 Å². The van der Waals surface area contributed by atoms with Gasteiger partial charge in [0.25, 0.3) is 5.66 Å². The van der Waals surface area contributed by atoms with E-state index in [1.165, 1.54) is 21.4 Å². The molecule has 1 heterocycles. The molecule has 0 aliphatic heterocycles. The number of aromatic nitrogens is 2. The number of hydrogen-bond donors (Lipinski definition) is 1. The monoisotopic (exact) mass is 413 g/mol. The number of halogens is 3. The molecule has 1 atom stereocenters. The second kappa shape index (κ2) is 9.25. The van der Waals surface area contributed by atoms with Crippen LogP contribution >= 0.6 is 20.8 Å². The fraction of sp³-hybridized carbons (Fsp3) is 0.500. The first-order valence-corrected chi connectivity index (χ1v) is 10.3. The van der Waals surface area contributed by atoms with Crippen molar-refractivity contribution in [3.63, 3.8) is 0 Å². The number of nitrogens with one attached hydrogen (secondary N) is 1. The van der Waals surface area contributed by atoms with Gasteiger partial charge in [0.15, 0.2) is 0 Å². The lowest BCUT2D eigenvalue weighted by Gasteiger charge is -2.20. The van der Waals surface area contributed by atoms with Crippen molar-refractivity contribution in [3.05, 3.63) is 40.2 Å². The van der Waals surface area contributed by atoms with Crippen molar-refractivity contribution in [2.45, 2.75) is 65.1 Å². The van der Waals surface area contributed by atoms with Gasteiger partial charge in [0.1, 0.15) is 5.82 Å². The molecule has 2 rings (SSSR count). The average molecular weight is 414 g/mol. The van der Waals surface area contributed by atoms with Gasteiger partial charge < -0.3 is 5.32 Å². The predicted molar refractivity (Wildman–Crippen MR) is 113 cm³/mol. The van der Waals surface area contributed by atoms with E-state index in [0.29, 0.717) is 30.1 Å². The zero-order valence-corrected chi connectivity index (χ0v) is 18.2. The van der Waals surface area contributed by atoms with Gasteiger partial charge in [0, 0.05) is 17.2 Å². The zero-order chi connectivity index (χ0) is 20.2. The molecule has 0 spiro atoms. The lowest BCUT2D eigenvalue weighted by molar-refractivity contribution is 0.104. The van der Waals surface area contributed by atoms with Gasteiger partial charge in [-0.15, -0.1) is 0 Å². The Kier molecular flexibility index (Phi) is 7.53. The van der Waals surface area contributed by atoms with Crippen molar-refractivity contribution in [1.82, 2.24) is 9.97 Å². The molecule has 1 unspecified atom stereocenters. The average Bonchev–Trinajstić information content (AvgIpc) is 2.64. The Morgan fingerprint density at radius 3 is 2.19 bits per heavy atom. The first-order chi connectivity index (χ1) is 12.7. The molecule has 0 aliphatic rings. The topological polar surface area (TPSA) is 37.8 Å². The Bertz CT molecular complexity index is 790. The van der Waals surface area contributed by atoms with E-state index in [1.54, 1.807) is 6.07 Å². The third-order valence-electron chi connectivity index (χ3n) is 4.65. The van der Waals surface area contributed by atoms with Gasteiger partial charge >= 0.3 is 0 Å². The molecule has 0 bridgehead atoms. The van der Waals surface area contributed by atoms with E-state index < -0.39 is 5.66 Å². The van der Waals surface area contributed by atoms with E-state index in [0.717, 1.165) is 30.0 Å². The SMILES string of the molecule is CCc1nc(-c2ccc(C(F)(F)P)cc2Cl)c(CC)nc1NC(CC)CC. The maximum Gasteiger partial charge on any atom is 0.283 e. The molecule has 0 amide bonds. The summed E-state index contributed by atoms with van der Waals surface area (Å²) in [5, 5.41) is 3.74. The predicted octanol–water partition coefficient (Wildman–Crippen LogP) is 6.45. The first-order valence-electron chi connectivity index (χ1n) is 9.38. The third-order valence-corrected chi connectivity index (χ3v) is 5.29. The van der Waals surface area contributed by atoms with E-state index in [9.17, 15) is 8.78 Å². The van der Waals surface area contributed by atoms with E-state index >= 15 is 0 Å². The van der Waals surface area contributed by atoms with Crippen molar-refractivity contribution in [2.24, 2.45) is 0 Å². The molecule has 27 heavy (non-hydrogen) atoms. The van der Waals surface area contributed by atoms with Crippen LogP contribution in [0.3, 0.4) is 0 Å². The second-order valence-electron chi connectivity index (χ2n) is 6.50. The van der Waals surface area contributed by atoms with Crippen molar-refractivity contribution >= 4 is 26.7 Å². The molecule has 148 valence electrons. The van der Waals surface area contributed by atoms with Gasteiger partial charge in [0.05, 0.1) is 22.1 Å². The lowest BCUT2D eigenvalue weighted by Crippen LogP contribution is -2.20. The fourth-order valence-corrected chi connectivity index (χ4v) is 3.38. The van der Waals surface area contributed by atoms with Crippen LogP contribution in [0.1, 0.15) is 57.5 Å². The molecule has 0 fully saturated rings. The highest BCUT2D eigenvalue weighted by Crippen LogP contribution is 2.39. The molecule has 1 aromatic heterocycles. The highest BCUT2D eigenvalue weighted by Gasteiger charge is 2.26. The van der Waals surface area contributed by atoms with Crippen molar-refractivity contribution in [2.75, 3.05) is 5.32 Å². The highest BCUT2D eigenvalue weighted by molar-refractivity contribution is 7.17. The van der Waals surface area contributed by atoms with Gasteiger partial charge in [-0.1, -0.05) is 60.7 Å². The standard InChI is InChI=1S/C20H27ClF2N3P/c1-5-13(6-2)24-19-17(8-4)25-18(16(7-3)26-19)14-10-9-12(11-15(14)21)20(22,23)27/h9-11,13H,5-8,27H2,1-4H3,(H,24,26). The summed E-state index contributed by atoms with van der Waals surface area (Å²) in [5.41, 5.74) is -0.219. The Morgan fingerprint density at radius 1 is 1.07 bits per heavy atom. The Balaban J connectivity index is 2.54. The smallest absolute Gasteiger partial charge is 0.283 e. The molecule has 0 radical (unpaired) electrons. The van der Waals surface area contributed by atoms with Gasteiger partial charge in [-0.2, -0.15) is 8.78 Å². The van der Waals surface area contributed by atoms with Crippen LogP contribution in [0.15, 0.2) is 18.2 Å². The van der Waals surface area contributed by atoms with Crippen molar-refractivity contribution in [3.8, 4) is 11.3 Å². The Hall–Kier alpha value is -1.32. The fourth-order valence-electron chi connectivity index (χ4n) is 2.93. The lowest BCUT2D eigenvalue weighted by atomic mass is 10.0. The molecule has 1 N–H and O–H groups in total. The largest absolute Gasteiger partial charge is 0.366 e. The summed E-state index contributed by atoms with van der Waals surface area (Å²) >= 11 is 6.34. The van der Waals surface area contributed by atoms with Gasteiger partial charge in [-0.05, 0) is 31.7 Å². The van der Waals surface area contributed by atoms with E-state index in [2.05, 4.69) is 19.2 Å². The third kappa shape index (κ3) is 5.14. The number of nitrogens with zero attached hydrogens (tertiary/aromatic N) is 2. The van der Waals surface area contributed by atoms with Gasteiger partial charge in [-0.3, -0.25) is 0 Å². The first kappa shape index (κ1) is 22.0. The van der Waals surface area contributed by atoms with Crippen LogP contribution in [0.4, 0.5) is 14.6 Å². The van der Waals surface area contributed by atoms with Crippen LogP contribution < -0.4 is 5.32 Å². The van der Waals surface area contributed by atoms with Crippen LogP contribution in [0.5, 0.6) is 0 Å². The molecule has 2 aromatic rings. The quantitative estimate of drug-likeness (QED) is 0.505. The summed E-state index contributed by atoms with van der Waals surface area (Å²) in [4.78, 5) is 9.61. The summed E-state index contributed by atoms with van der Waals surface area (Å²) in [5.74, 6) is 0.802. The second-order valence-corrected chi connectivity index (χ2v) is 7.63. The van der Waals surface area contributed by atoms with E-state index in [1.807, 2.05) is 13.8 Å². The molecule has 0 saturated heterocycles. The molecule has 7 heteroatoms. The summed E-state index contributed by atoms with van der Waals surface area (Å²) in [6.45, 7) is 8.30. The Morgan fingerprint density at radius 2 is 1.70 bits per heavy atom. The molecular formula is C20H27ClF2N3P. The van der Waals surface area contributed by atoms with Crippen LogP contribution in [0.25, 0.3) is 11.3 Å². The molecule has 3 nitrogen and oxygen atoms in total. The number of rotatable bonds is 8. The maximum absolute atomic E-state index is 13.5. The van der Waals surface area contributed by atoms with E-state index in [-0.39, 0.29) is 10.6 Å². The highest BCUT2D eigenvalue weighted by atomic mass is 35.5. The van der Waals surface area contributed by atoms with Crippen LogP contribution in [-0.4, -0.2) is 16.0 Å². The number of alkyl halides is 2. The van der Waals surface area contributed by atoms with Crippen LogP contribution in [0.2, 0.25) is 5.02 Å². The molecule has 1 aromatic carbocycles. The summed E-state index contributed by atoms with van der Waals surface area (Å²) in [7, 11) is 1.53. The van der Waals surface area contributed by atoms with Crippen molar-refractivity contribution < 1.29 is 8.78 Å². The summed E-state index contributed by atoms with van der Waals surface area (Å²) in [6.07, 6.45) is 3.38. The number of aryl methyl sites for hydroxylation is 2. The molecule has 0 saturated carbocycles. The normalized spacial score (nSPS) is 11.9. The molecule has 0 aliphatic carbocycles. The summed E-state index contributed by atoms with van der Waals surface area (Å²) in [6, 6.07) is 4.63. The number of anilines is 1. The van der Waals surface area contributed by atoms with Crippen LogP contribution in [0, 0.1) is 0 Å². The van der Waals surface area contributed by atoms with E-state index in [4.69, 9.17) is 21.6 Å². The minimum absolute atomic E-state index is 0.144. The van der Waals surface area contributed by atoms with Gasteiger partial charge in [-0.25, -0.2) is 9.97 Å². The number of benzene rings is 1. The number of hydrogen-bond acceptors (Lipinski definition) is 3. The van der Waals surface area contributed by atoms with Gasteiger partial charge in [0.2, 0.25) is 0 Å². The Labute approximate surface area is 167 Å². The minimum Gasteiger partial charge on any atom is -0.366 e. The molecular weight excluding hydrogens is 387 g/mol. The maximum atomic E-state index is 13.5.